The first-order valence-corrected chi connectivity index (χ1v) is 7.50. The molecular weight excluding hydrogens is 302 g/mol. The van der Waals surface area contributed by atoms with E-state index < -0.39 is 0 Å². The van der Waals surface area contributed by atoms with Crippen LogP contribution in [0.15, 0.2) is 30.5 Å². The van der Waals surface area contributed by atoms with E-state index in [0.717, 1.165) is 18.5 Å². The minimum atomic E-state index is -0.116. The molecule has 1 amide bonds. The molecule has 118 valence electrons. The fraction of sp³-hybridized carbons (Fsp3) is 0.375. The molecule has 5 nitrogen and oxygen atoms in total. The molecule has 1 N–H and O–H groups in total. The fourth-order valence-corrected chi connectivity index (χ4v) is 2.36. The molecule has 1 aromatic carbocycles. The Morgan fingerprint density at radius 3 is 2.95 bits per heavy atom. The highest BCUT2D eigenvalue weighted by atomic mass is 35.5. The molecule has 1 heterocycles. The molecule has 0 radical (unpaired) electrons. The second kappa shape index (κ2) is 8.08. The van der Waals surface area contributed by atoms with Crippen LogP contribution in [0.25, 0.3) is 10.9 Å². The molecule has 0 unspecified atom stereocenters. The molecule has 0 aliphatic heterocycles. The third-order valence-corrected chi connectivity index (χ3v) is 3.73. The normalized spacial score (nSPS) is 11.1. The number of nitrogens with zero attached hydrogens (tertiary/aromatic N) is 2. The van der Waals surface area contributed by atoms with Gasteiger partial charge in [0.15, 0.2) is 0 Å². The molecule has 6 heteroatoms. The predicted octanol–water partition coefficient (Wildman–Crippen LogP) is 2.20. The Morgan fingerprint density at radius 2 is 2.18 bits per heavy atom. The second-order valence-corrected chi connectivity index (χ2v) is 5.45. The number of halogens is 1. The van der Waals surface area contributed by atoms with Gasteiger partial charge in [-0.25, -0.2) is 0 Å². The first-order valence-electron chi connectivity index (χ1n) is 7.12. The van der Waals surface area contributed by atoms with Crippen LogP contribution in [0.3, 0.4) is 0 Å². The maximum Gasteiger partial charge on any atom is 0.252 e. The minimum Gasteiger partial charge on any atom is -0.383 e. The lowest BCUT2D eigenvalue weighted by atomic mass is 10.1. The standard InChI is InChI=1S/C16H20ClN3O2/c1-20(10-11-22-2)9-8-19-16(21)13-5-6-14(17)15-12(13)4-3-7-18-15/h3-7H,8-11H2,1-2H3,(H,19,21). The van der Waals surface area contributed by atoms with Crippen LogP contribution in [-0.4, -0.2) is 56.2 Å². The predicted molar refractivity (Wildman–Crippen MR) is 88.5 cm³/mol. The lowest BCUT2D eigenvalue weighted by Crippen LogP contribution is -2.34. The molecule has 0 aliphatic carbocycles. The summed E-state index contributed by atoms with van der Waals surface area (Å²) >= 11 is 6.12. The van der Waals surface area contributed by atoms with Gasteiger partial charge in [-0.05, 0) is 25.2 Å². The summed E-state index contributed by atoms with van der Waals surface area (Å²) in [5, 5.41) is 4.24. The van der Waals surface area contributed by atoms with Gasteiger partial charge in [-0.3, -0.25) is 9.78 Å². The molecule has 2 rings (SSSR count). The number of fused-ring (bicyclic) bond motifs is 1. The van der Waals surface area contributed by atoms with Crippen LogP contribution in [0.1, 0.15) is 10.4 Å². The number of hydrogen-bond acceptors (Lipinski definition) is 4. The van der Waals surface area contributed by atoms with E-state index in [1.54, 1.807) is 31.5 Å². The number of carbonyl (C=O) groups excluding carboxylic acids is 1. The van der Waals surface area contributed by atoms with E-state index in [1.165, 1.54) is 0 Å². The van der Waals surface area contributed by atoms with Crippen molar-refractivity contribution in [3.05, 3.63) is 41.0 Å². The zero-order valence-corrected chi connectivity index (χ0v) is 13.6. The van der Waals surface area contributed by atoms with E-state index in [-0.39, 0.29) is 5.91 Å². The largest absolute Gasteiger partial charge is 0.383 e. The zero-order chi connectivity index (χ0) is 15.9. The number of pyridine rings is 1. The van der Waals surface area contributed by atoms with Gasteiger partial charge in [-0.1, -0.05) is 17.7 Å². The van der Waals surface area contributed by atoms with E-state index in [9.17, 15) is 4.79 Å². The molecule has 0 atom stereocenters. The van der Waals surface area contributed by atoms with Crippen molar-refractivity contribution in [2.24, 2.45) is 0 Å². The molecule has 0 fully saturated rings. The maximum absolute atomic E-state index is 12.3. The number of nitrogens with one attached hydrogen (secondary N) is 1. The summed E-state index contributed by atoms with van der Waals surface area (Å²) < 4.78 is 5.02. The SMILES string of the molecule is COCCN(C)CCNC(=O)c1ccc(Cl)c2ncccc12. The summed E-state index contributed by atoms with van der Waals surface area (Å²) in [6.45, 7) is 2.85. The lowest BCUT2D eigenvalue weighted by molar-refractivity contribution is 0.0949. The molecule has 0 saturated heterocycles. The average Bonchev–Trinajstić information content (AvgIpc) is 2.53. The summed E-state index contributed by atoms with van der Waals surface area (Å²) in [4.78, 5) is 18.7. The van der Waals surface area contributed by atoms with Crippen molar-refractivity contribution in [3.63, 3.8) is 0 Å². The maximum atomic E-state index is 12.3. The smallest absolute Gasteiger partial charge is 0.252 e. The van der Waals surface area contributed by atoms with Crippen LogP contribution in [0.4, 0.5) is 0 Å². The van der Waals surface area contributed by atoms with Crippen molar-refractivity contribution in [1.82, 2.24) is 15.2 Å². The number of aromatic nitrogens is 1. The van der Waals surface area contributed by atoms with E-state index in [1.807, 2.05) is 13.1 Å². The Bertz CT molecular complexity index is 648. The van der Waals surface area contributed by atoms with Crippen LogP contribution < -0.4 is 5.32 Å². The summed E-state index contributed by atoms with van der Waals surface area (Å²) in [5.41, 5.74) is 1.24. The third-order valence-electron chi connectivity index (χ3n) is 3.42. The molecule has 0 spiro atoms. The van der Waals surface area contributed by atoms with Crippen molar-refractivity contribution in [1.29, 1.82) is 0 Å². The topological polar surface area (TPSA) is 54.5 Å². The number of likely N-dealkylation sites (N-methyl/N-ethyl adjacent to an activating group) is 1. The first-order chi connectivity index (χ1) is 10.6. The summed E-state index contributed by atoms with van der Waals surface area (Å²) in [7, 11) is 3.67. The van der Waals surface area contributed by atoms with E-state index >= 15 is 0 Å². The summed E-state index contributed by atoms with van der Waals surface area (Å²) in [6, 6.07) is 7.09. The van der Waals surface area contributed by atoms with Crippen LogP contribution in [0.5, 0.6) is 0 Å². The van der Waals surface area contributed by atoms with Crippen molar-refractivity contribution in [3.8, 4) is 0 Å². The number of hydrogen-bond donors (Lipinski definition) is 1. The Kier molecular flexibility index (Phi) is 6.12. The van der Waals surface area contributed by atoms with Gasteiger partial charge in [0.2, 0.25) is 0 Å². The van der Waals surface area contributed by atoms with Crippen molar-refractivity contribution in [2.75, 3.05) is 40.4 Å². The second-order valence-electron chi connectivity index (χ2n) is 5.05. The number of ether oxygens (including phenoxy) is 1. The van der Waals surface area contributed by atoms with E-state index in [2.05, 4.69) is 15.2 Å². The van der Waals surface area contributed by atoms with Gasteiger partial charge in [-0.2, -0.15) is 0 Å². The Labute approximate surface area is 135 Å². The number of carbonyl (C=O) groups is 1. The Hall–Kier alpha value is -1.69. The highest BCUT2D eigenvalue weighted by molar-refractivity contribution is 6.35. The van der Waals surface area contributed by atoms with Gasteiger partial charge in [0.05, 0.1) is 17.1 Å². The van der Waals surface area contributed by atoms with E-state index in [4.69, 9.17) is 16.3 Å². The minimum absolute atomic E-state index is 0.116. The summed E-state index contributed by atoms with van der Waals surface area (Å²) in [6.07, 6.45) is 1.67. The van der Waals surface area contributed by atoms with Crippen LogP contribution in [0, 0.1) is 0 Å². The molecule has 1 aromatic heterocycles. The van der Waals surface area contributed by atoms with Crippen LogP contribution in [-0.2, 0) is 4.74 Å². The van der Waals surface area contributed by atoms with Gasteiger partial charge in [0, 0.05) is 43.9 Å². The highest BCUT2D eigenvalue weighted by Gasteiger charge is 2.12. The number of methoxy groups -OCH3 is 1. The lowest BCUT2D eigenvalue weighted by Gasteiger charge is -2.16. The van der Waals surface area contributed by atoms with Gasteiger partial charge < -0.3 is 15.0 Å². The fourth-order valence-electron chi connectivity index (χ4n) is 2.15. The monoisotopic (exact) mass is 321 g/mol. The Balaban J connectivity index is 2.00. The van der Waals surface area contributed by atoms with Crippen LogP contribution >= 0.6 is 11.6 Å². The van der Waals surface area contributed by atoms with E-state index in [0.29, 0.717) is 29.3 Å². The molecule has 0 saturated carbocycles. The van der Waals surface area contributed by atoms with Gasteiger partial charge in [0.25, 0.3) is 5.91 Å². The zero-order valence-electron chi connectivity index (χ0n) is 12.8. The van der Waals surface area contributed by atoms with Gasteiger partial charge in [-0.15, -0.1) is 0 Å². The highest BCUT2D eigenvalue weighted by Crippen LogP contribution is 2.24. The average molecular weight is 322 g/mol. The van der Waals surface area contributed by atoms with Gasteiger partial charge >= 0.3 is 0 Å². The first kappa shape index (κ1) is 16.7. The third kappa shape index (κ3) is 4.16. The summed E-state index contributed by atoms with van der Waals surface area (Å²) in [5.74, 6) is -0.116. The molecular formula is C16H20ClN3O2. The van der Waals surface area contributed by atoms with Crippen molar-refractivity contribution in [2.45, 2.75) is 0 Å². The van der Waals surface area contributed by atoms with Gasteiger partial charge in [0.1, 0.15) is 0 Å². The van der Waals surface area contributed by atoms with Crippen molar-refractivity contribution < 1.29 is 9.53 Å². The molecule has 0 bridgehead atoms. The number of benzene rings is 1. The van der Waals surface area contributed by atoms with Crippen LogP contribution in [0.2, 0.25) is 5.02 Å². The molecule has 0 aliphatic rings. The Morgan fingerprint density at radius 1 is 1.36 bits per heavy atom. The van der Waals surface area contributed by atoms with Crippen molar-refractivity contribution >= 4 is 28.4 Å². The quantitative estimate of drug-likeness (QED) is 0.849. The molecule has 2 aromatic rings. The molecule has 22 heavy (non-hydrogen) atoms. The number of rotatable bonds is 7. The number of amides is 1.